The molecule has 2 aromatic carbocycles. The number of carbonyl (C=O) groups is 2. The average Bonchev–Trinajstić information content (AvgIpc) is 2.84. The first-order valence-electron chi connectivity index (χ1n) is 7.43. The van der Waals surface area contributed by atoms with E-state index in [4.69, 9.17) is 4.74 Å². The van der Waals surface area contributed by atoms with Crippen LogP contribution < -0.4 is 4.74 Å². The van der Waals surface area contributed by atoms with E-state index in [9.17, 15) is 9.59 Å². The second-order valence-corrected chi connectivity index (χ2v) is 6.35. The van der Waals surface area contributed by atoms with Crippen molar-refractivity contribution in [2.24, 2.45) is 0 Å². The van der Waals surface area contributed by atoms with Gasteiger partial charge in [-0.2, -0.15) is 0 Å². The summed E-state index contributed by atoms with van der Waals surface area (Å²) < 4.78 is 5.13. The van der Waals surface area contributed by atoms with Gasteiger partial charge in [0.15, 0.2) is 0 Å². The first kappa shape index (κ1) is 15.6. The van der Waals surface area contributed by atoms with Crippen LogP contribution in [0, 0.1) is 0 Å². The van der Waals surface area contributed by atoms with Gasteiger partial charge in [-0.3, -0.25) is 14.5 Å². The molecule has 0 spiro atoms. The summed E-state index contributed by atoms with van der Waals surface area (Å²) >= 11 is 1.70. The second kappa shape index (κ2) is 6.87. The van der Waals surface area contributed by atoms with Crippen LogP contribution in [0.5, 0.6) is 5.75 Å². The maximum Gasteiger partial charge on any atom is 0.261 e. The van der Waals surface area contributed by atoms with E-state index in [0.29, 0.717) is 17.7 Å². The van der Waals surface area contributed by atoms with Gasteiger partial charge in [-0.05, 0) is 48.6 Å². The molecule has 4 nitrogen and oxygen atoms in total. The van der Waals surface area contributed by atoms with Gasteiger partial charge >= 0.3 is 0 Å². The van der Waals surface area contributed by atoms with E-state index >= 15 is 0 Å². The van der Waals surface area contributed by atoms with Crippen molar-refractivity contribution in [1.29, 1.82) is 0 Å². The Bertz CT molecular complexity index is 692. The van der Waals surface area contributed by atoms with Gasteiger partial charge in [0.1, 0.15) is 5.75 Å². The molecule has 0 aliphatic carbocycles. The molecular weight excluding hydrogens is 310 g/mol. The van der Waals surface area contributed by atoms with Crippen molar-refractivity contribution in [3.63, 3.8) is 0 Å². The molecule has 23 heavy (non-hydrogen) atoms. The molecule has 0 bridgehead atoms. The number of hydrogen-bond donors (Lipinski definition) is 0. The number of benzene rings is 2. The SMILES string of the molecule is COc1ccc(SCCCN2C(=O)c3ccccc3C2=O)cc1. The smallest absolute Gasteiger partial charge is 0.261 e. The van der Waals surface area contributed by atoms with E-state index in [-0.39, 0.29) is 11.8 Å². The third-order valence-corrected chi connectivity index (χ3v) is 4.83. The molecule has 1 aliphatic heterocycles. The number of hydrogen-bond acceptors (Lipinski definition) is 4. The minimum Gasteiger partial charge on any atom is -0.497 e. The normalized spacial score (nSPS) is 13.3. The van der Waals surface area contributed by atoms with Crippen LogP contribution in [0.2, 0.25) is 0 Å². The second-order valence-electron chi connectivity index (χ2n) is 5.19. The fraction of sp³-hybridized carbons (Fsp3) is 0.222. The Hall–Kier alpha value is -2.27. The van der Waals surface area contributed by atoms with Crippen LogP contribution in [-0.4, -0.2) is 36.1 Å². The number of carbonyl (C=O) groups excluding carboxylic acids is 2. The van der Waals surface area contributed by atoms with Crippen molar-refractivity contribution in [2.45, 2.75) is 11.3 Å². The van der Waals surface area contributed by atoms with Gasteiger partial charge in [-0.15, -0.1) is 11.8 Å². The highest BCUT2D eigenvalue weighted by Gasteiger charge is 2.34. The maximum atomic E-state index is 12.2. The number of methoxy groups -OCH3 is 1. The van der Waals surface area contributed by atoms with Crippen molar-refractivity contribution in [3.05, 3.63) is 59.7 Å². The van der Waals surface area contributed by atoms with E-state index < -0.39 is 0 Å². The summed E-state index contributed by atoms with van der Waals surface area (Å²) in [6.45, 7) is 0.454. The van der Waals surface area contributed by atoms with Crippen LogP contribution in [0.15, 0.2) is 53.4 Å². The summed E-state index contributed by atoms with van der Waals surface area (Å²) in [5.41, 5.74) is 1.03. The Morgan fingerprint density at radius 1 is 0.957 bits per heavy atom. The number of imide groups is 1. The summed E-state index contributed by atoms with van der Waals surface area (Å²) in [7, 11) is 1.64. The topological polar surface area (TPSA) is 46.6 Å². The molecule has 0 fully saturated rings. The van der Waals surface area contributed by atoms with Crippen LogP contribution >= 0.6 is 11.8 Å². The van der Waals surface area contributed by atoms with E-state index in [1.165, 1.54) is 4.90 Å². The molecule has 0 unspecified atom stereocenters. The maximum absolute atomic E-state index is 12.2. The van der Waals surface area contributed by atoms with E-state index in [1.807, 2.05) is 24.3 Å². The van der Waals surface area contributed by atoms with Crippen molar-refractivity contribution in [2.75, 3.05) is 19.4 Å². The lowest BCUT2D eigenvalue weighted by Crippen LogP contribution is -2.30. The Labute approximate surface area is 139 Å². The molecule has 2 amide bonds. The Kier molecular flexibility index (Phi) is 4.67. The quantitative estimate of drug-likeness (QED) is 0.463. The van der Waals surface area contributed by atoms with Crippen LogP contribution in [0.4, 0.5) is 0 Å². The molecule has 0 atom stereocenters. The molecule has 1 aliphatic rings. The van der Waals surface area contributed by atoms with Gasteiger partial charge in [0.05, 0.1) is 18.2 Å². The first-order valence-corrected chi connectivity index (χ1v) is 8.41. The van der Waals surface area contributed by atoms with E-state index in [1.54, 1.807) is 43.1 Å². The Morgan fingerprint density at radius 3 is 2.13 bits per heavy atom. The molecule has 0 saturated heterocycles. The van der Waals surface area contributed by atoms with E-state index in [0.717, 1.165) is 22.8 Å². The minimum absolute atomic E-state index is 0.181. The lowest BCUT2D eigenvalue weighted by Gasteiger charge is -2.13. The van der Waals surface area contributed by atoms with Crippen molar-refractivity contribution in [1.82, 2.24) is 4.90 Å². The molecule has 0 radical (unpaired) electrons. The third kappa shape index (κ3) is 3.24. The van der Waals surface area contributed by atoms with Gasteiger partial charge < -0.3 is 4.74 Å². The van der Waals surface area contributed by atoms with Crippen LogP contribution in [0.3, 0.4) is 0 Å². The Morgan fingerprint density at radius 2 is 1.57 bits per heavy atom. The predicted octanol–water partition coefficient (Wildman–Crippen LogP) is 3.47. The van der Waals surface area contributed by atoms with Gasteiger partial charge in [-0.1, -0.05) is 12.1 Å². The highest BCUT2D eigenvalue weighted by Crippen LogP contribution is 2.24. The van der Waals surface area contributed by atoms with Crippen LogP contribution in [-0.2, 0) is 0 Å². The number of thioether (sulfide) groups is 1. The molecule has 118 valence electrons. The van der Waals surface area contributed by atoms with Crippen molar-refractivity contribution < 1.29 is 14.3 Å². The highest BCUT2D eigenvalue weighted by molar-refractivity contribution is 7.99. The third-order valence-electron chi connectivity index (χ3n) is 3.73. The Balaban J connectivity index is 1.51. The molecule has 2 aromatic rings. The highest BCUT2D eigenvalue weighted by atomic mass is 32.2. The predicted molar refractivity (Wildman–Crippen MR) is 90.1 cm³/mol. The zero-order chi connectivity index (χ0) is 16.2. The number of nitrogens with zero attached hydrogens (tertiary/aromatic N) is 1. The van der Waals surface area contributed by atoms with Gasteiger partial charge in [0.2, 0.25) is 0 Å². The standard InChI is InChI=1S/C18H17NO3S/c1-22-13-7-9-14(10-8-13)23-12-4-11-19-17(20)15-5-2-3-6-16(15)18(19)21/h2-3,5-10H,4,11-12H2,1H3. The lowest BCUT2D eigenvalue weighted by atomic mass is 10.1. The monoisotopic (exact) mass is 327 g/mol. The zero-order valence-corrected chi connectivity index (χ0v) is 13.6. The minimum atomic E-state index is -0.181. The van der Waals surface area contributed by atoms with Crippen LogP contribution in [0.25, 0.3) is 0 Å². The molecule has 0 saturated carbocycles. The fourth-order valence-electron chi connectivity index (χ4n) is 2.53. The largest absolute Gasteiger partial charge is 0.497 e. The molecule has 0 aromatic heterocycles. The molecule has 1 heterocycles. The van der Waals surface area contributed by atoms with E-state index in [2.05, 4.69) is 0 Å². The summed E-state index contributed by atoms with van der Waals surface area (Å²) in [6.07, 6.45) is 0.766. The molecule has 5 heteroatoms. The summed E-state index contributed by atoms with van der Waals surface area (Å²) in [4.78, 5) is 26.9. The number of rotatable bonds is 6. The molecule has 3 rings (SSSR count). The molecule has 0 N–H and O–H groups in total. The van der Waals surface area contributed by atoms with Crippen LogP contribution in [0.1, 0.15) is 27.1 Å². The van der Waals surface area contributed by atoms with Gasteiger partial charge in [0.25, 0.3) is 11.8 Å². The lowest BCUT2D eigenvalue weighted by molar-refractivity contribution is 0.0655. The van der Waals surface area contributed by atoms with Gasteiger partial charge in [0, 0.05) is 11.4 Å². The fourth-order valence-corrected chi connectivity index (χ4v) is 3.36. The summed E-state index contributed by atoms with van der Waals surface area (Å²) in [5.74, 6) is 1.32. The number of ether oxygens (including phenoxy) is 1. The summed E-state index contributed by atoms with van der Waals surface area (Å²) in [6, 6.07) is 14.8. The average molecular weight is 327 g/mol. The first-order chi connectivity index (χ1) is 11.2. The molecular formula is C18H17NO3S. The zero-order valence-electron chi connectivity index (χ0n) is 12.8. The number of amides is 2. The van der Waals surface area contributed by atoms with Crippen molar-refractivity contribution >= 4 is 23.6 Å². The van der Waals surface area contributed by atoms with Crippen molar-refractivity contribution in [3.8, 4) is 5.75 Å². The summed E-state index contributed by atoms with van der Waals surface area (Å²) in [5, 5.41) is 0. The number of fused-ring (bicyclic) bond motifs is 1. The van der Waals surface area contributed by atoms with Gasteiger partial charge in [-0.25, -0.2) is 0 Å².